The van der Waals surface area contributed by atoms with Crippen LogP contribution in [0, 0.1) is 12.7 Å². The lowest BCUT2D eigenvalue weighted by Gasteiger charge is -2.13. The monoisotopic (exact) mass is 312 g/mol. The van der Waals surface area contributed by atoms with E-state index in [0.717, 1.165) is 11.1 Å². The van der Waals surface area contributed by atoms with Crippen LogP contribution in [0.2, 0.25) is 0 Å². The first-order chi connectivity index (χ1) is 11.0. The minimum atomic E-state index is -0.483. The van der Waals surface area contributed by atoms with Crippen molar-refractivity contribution < 1.29 is 13.9 Å². The number of carbonyl (C=O) groups excluding carboxylic acids is 1. The SMILES string of the molecule is Cc1c(-c2cccnc2)n(C(=O)OC(C)C)c2ccc(F)cc12. The predicted octanol–water partition coefficient (Wildman–Crippen LogP) is 4.54. The Balaban J connectivity index is 2.32. The van der Waals surface area contributed by atoms with E-state index in [1.54, 1.807) is 38.4 Å². The first kappa shape index (κ1) is 15.2. The second kappa shape index (κ2) is 5.83. The van der Waals surface area contributed by atoms with E-state index in [1.807, 2.05) is 13.0 Å². The summed E-state index contributed by atoms with van der Waals surface area (Å²) in [6, 6.07) is 8.03. The molecule has 5 heteroatoms. The highest BCUT2D eigenvalue weighted by atomic mass is 19.1. The average Bonchev–Trinajstić information content (AvgIpc) is 2.80. The molecule has 0 N–H and O–H groups in total. The minimum absolute atomic E-state index is 0.248. The van der Waals surface area contributed by atoms with Crippen LogP contribution in [-0.2, 0) is 4.74 Å². The van der Waals surface area contributed by atoms with Crippen LogP contribution < -0.4 is 0 Å². The number of benzene rings is 1. The van der Waals surface area contributed by atoms with Gasteiger partial charge in [-0.2, -0.15) is 0 Å². The van der Waals surface area contributed by atoms with Crippen molar-refractivity contribution in [2.24, 2.45) is 0 Å². The number of nitrogens with zero attached hydrogens (tertiary/aromatic N) is 2. The maximum Gasteiger partial charge on any atom is 0.419 e. The Kier molecular flexibility index (Phi) is 3.86. The molecule has 0 saturated heterocycles. The molecule has 0 fully saturated rings. The molecule has 0 amide bonds. The van der Waals surface area contributed by atoms with E-state index in [1.165, 1.54) is 16.7 Å². The van der Waals surface area contributed by atoms with Crippen LogP contribution in [0.3, 0.4) is 0 Å². The third kappa shape index (κ3) is 2.70. The molecule has 118 valence electrons. The number of hydrogen-bond donors (Lipinski definition) is 0. The lowest BCUT2D eigenvalue weighted by molar-refractivity contribution is 0.118. The summed E-state index contributed by atoms with van der Waals surface area (Å²) in [6.07, 6.45) is 2.61. The van der Waals surface area contributed by atoms with Gasteiger partial charge in [-0.05, 0) is 56.7 Å². The summed E-state index contributed by atoms with van der Waals surface area (Å²) in [6.45, 7) is 5.45. The third-order valence-electron chi connectivity index (χ3n) is 3.64. The molecule has 4 nitrogen and oxygen atoms in total. The van der Waals surface area contributed by atoms with Crippen molar-refractivity contribution in [3.05, 3.63) is 54.1 Å². The Hall–Kier alpha value is -2.69. The first-order valence-corrected chi connectivity index (χ1v) is 7.41. The largest absolute Gasteiger partial charge is 0.446 e. The van der Waals surface area contributed by atoms with Gasteiger partial charge in [0.05, 0.1) is 17.3 Å². The van der Waals surface area contributed by atoms with E-state index in [-0.39, 0.29) is 11.9 Å². The van der Waals surface area contributed by atoms with E-state index in [0.29, 0.717) is 16.6 Å². The van der Waals surface area contributed by atoms with Gasteiger partial charge in [0.1, 0.15) is 5.82 Å². The topological polar surface area (TPSA) is 44.1 Å². The zero-order valence-corrected chi connectivity index (χ0v) is 13.2. The van der Waals surface area contributed by atoms with Crippen molar-refractivity contribution in [2.45, 2.75) is 26.9 Å². The summed E-state index contributed by atoms with van der Waals surface area (Å²) < 4.78 is 20.5. The fraction of sp³-hybridized carbons (Fsp3) is 0.222. The first-order valence-electron chi connectivity index (χ1n) is 7.41. The van der Waals surface area contributed by atoms with Gasteiger partial charge in [-0.25, -0.2) is 13.8 Å². The van der Waals surface area contributed by atoms with Gasteiger partial charge >= 0.3 is 6.09 Å². The van der Waals surface area contributed by atoms with Gasteiger partial charge in [-0.1, -0.05) is 0 Å². The van der Waals surface area contributed by atoms with Gasteiger partial charge in [0.15, 0.2) is 0 Å². The number of aryl methyl sites for hydroxylation is 1. The summed E-state index contributed by atoms with van der Waals surface area (Å²) in [4.78, 5) is 16.7. The normalized spacial score (nSPS) is 11.2. The number of ether oxygens (including phenoxy) is 1. The molecule has 0 unspecified atom stereocenters. The van der Waals surface area contributed by atoms with Crippen molar-refractivity contribution >= 4 is 17.0 Å². The summed E-state index contributed by atoms with van der Waals surface area (Å²) in [7, 11) is 0. The van der Waals surface area contributed by atoms with Crippen molar-refractivity contribution in [3.8, 4) is 11.3 Å². The molecule has 23 heavy (non-hydrogen) atoms. The standard InChI is InChI=1S/C18H17FN2O2/c1-11(2)23-18(22)21-16-7-6-14(19)9-15(16)12(3)17(21)13-5-4-8-20-10-13/h4-11H,1-3H3. The van der Waals surface area contributed by atoms with Crippen LogP contribution in [0.4, 0.5) is 9.18 Å². The quantitative estimate of drug-likeness (QED) is 0.697. The van der Waals surface area contributed by atoms with Crippen LogP contribution >= 0.6 is 0 Å². The summed E-state index contributed by atoms with van der Waals surface area (Å²) in [5.41, 5.74) is 2.88. The Morgan fingerprint density at radius 2 is 2.09 bits per heavy atom. The second-order valence-corrected chi connectivity index (χ2v) is 5.64. The Morgan fingerprint density at radius 3 is 2.74 bits per heavy atom. The number of fused-ring (bicyclic) bond motifs is 1. The van der Waals surface area contributed by atoms with Crippen LogP contribution in [0.5, 0.6) is 0 Å². The molecular weight excluding hydrogens is 295 g/mol. The van der Waals surface area contributed by atoms with E-state index in [4.69, 9.17) is 4.74 Å². The van der Waals surface area contributed by atoms with Crippen LogP contribution in [-0.4, -0.2) is 21.7 Å². The van der Waals surface area contributed by atoms with Gasteiger partial charge in [-0.15, -0.1) is 0 Å². The number of carbonyl (C=O) groups is 1. The number of hydrogen-bond acceptors (Lipinski definition) is 3. The summed E-state index contributed by atoms with van der Waals surface area (Å²) >= 11 is 0. The lowest BCUT2D eigenvalue weighted by Crippen LogP contribution is -2.18. The minimum Gasteiger partial charge on any atom is -0.446 e. The molecule has 0 spiro atoms. The smallest absolute Gasteiger partial charge is 0.419 e. The highest BCUT2D eigenvalue weighted by molar-refractivity contribution is 5.99. The van der Waals surface area contributed by atoms with E-state index < -0.39 is 6.09 Å². The van der Waals surface area contributed by atoms with Gasteiger partial charge in [-0.3, -0.25) is 4.98 Å². The van der Waals surface area contributed by atoms with Crippen LogP contribution in [0.15, 0.2) is 42.7 Å². The molecule has 0 saturated carbocycles. The molecule has 2 aromatic heterocycles. The van der Waals surface area contributed by atoms with Gasteiger partial charge < -0.3 is 4.74 Å². The zero-order chi connectivity index (χ0) is 16.6. The molecule has 0 bridgehead atoms. The molecule has 2 heterocycles. The zero-order valence-electron chi connectivity index (χ0n) is 13.2. The third-order valence-corrected chi connectivity index (χ3v) is 3.64. The van der Waals surface area contributed by atoms with Crippen molar-refractivity contribution in [1.82, 2.24) is 9.55 Å². The van der Waals surface area contributed by atoms with E-state index in [2.05, 4.69) is 4.98 Å². The number of halogens is 1. The molecule has 0 atom stereocenters. The van der Waals surface area contributed by atoms with E-state index in [9.17, 15) is 9.18 Å². The second-order valence-electron chi connectivity index (χ2n) is 5.64. The Labute approximate surface area is 133 Å². The van der Waals surface area contributed by atoms with Crippen LogP contribution in [0.25, 0.3) is 22.2 Å². The fourth-order valence-corrected chi connectivity index (χ4v) is 2.71. The molecule has 0 aliphatic heterocycles. The molecule has 3 rings (SSSR count). The van der Waals surface area contributed by atoms with Gasteiger partial charge in [0.25, 0.3) is 0 Å². The molecule has 1 aromatic carbocycles. The number of pyridine rings is 1. The van der Waals surface area contributed by atoms with Gasteiger partial charge in [0.2, 0.25) is 0 Å². The fourth-order valence-electron chi connectivity index (χ4n) is 2.71. The average molecular weight is 312 g/mol. The molecule has 0 aliphatic rings. The Bertz CT molecular complexity index is 870. The van der Waals surface area contributed by atoms with Gasteiger partial charge in [0, 0.05) is 23.3 Å². The van der Waals surface area contributed by atoms with Crippen molar-refractivity contribution in [2.75, 3.05) is 0 Å². The number of aromatic nitrogens is 2. The lowest BCUT2D eigenvalue weighted by atomic mass is 10.1. The number of rotatable bonds is 2. The molecular formula is C18H17FN2O2. The van der Waals surface area contributed by atoms with E-state index >= 15 is 0 Å². The molecule has 3 aromatic rings. The summed E-state index contributed by atoms with van der Waals surface area (Å²) in [5.74, 6) is -0.340. The highest BCUT2D eigenvalue weighted by Gasteiger charge is 2.22. The van der Waals surface area contributed by atoms with Crippen molar-refractivity contribution in [3.63, 3.8) is 0 Å². The summed E-state index contributed by atoms with van der Waals surface area (Å²) in [5, 5.41) is 0.685. The maximum absolute atomic E-state index is 13.6. The Morgan fingerprint density at radius 1 is 1.30 bits per heavy atom. The molecule has 0 radical (unpaired) electrons. The molecule has 0 aliphatic carbocycles. The van der Waals surface area contributed by atoms with Crippen molar-refractivity contribution in [1.29, 1.82) is 0 Å². The van der Waals surface area contributed by atoms with Crippen LogP contribution in [0.1, 0.15) is 19.4 Å². The predicted molar refractivity (Wildman–Crippen MR) is 86.9 cm³/mol. The maximum atomic E-state index is 13.6. The highest BCUT2D eigenvalue weighted by Crippen LogP contribution is 2.33.